The fraction of sp³-hybridized carbons (Fsp3) is 0.278. The Hall–Kier alpha value is -2.18. The molecule has 0 aliphatic carbocycles. The summed E-state index contributed by atoms with van der Waals surface area (Å²) in [4.78, 5) is 11.8. The third kappa shape index (κ3) is 2.83. The first-order valence-corrected chi connectivity index (χ1v) is 9.72. The molecule has 0 spiro atoms. The number of benzene rings is 2. The molecule has 1 atom stereocenters. The topological polar surface area (TPSA) is 76.4 Å². The van der Waals surface area contributed by atoms with Crippen molar-refractivity contribution in [1.29, 1.82) is 0 Å². The molecule has 24 heavy (non-hydrogen) atoms. The van der Waals surface area contributed by atoms with Crippen LogP contribution in [-0.2, 0) is 16.4 Å². The molecule has 0 amide bonds. The molecule has 1 N–H and O–H groups in total. The van der Waals surface area contributed by atoms with Crippen molar-refractivity contribution in [2.24, 2.45) is 0 Å². The van der Waals surface area contributed by atoms with E-state index in [9.17, 15) is 13.2 Å². The van der Waals surface area contributed by atoms with Gasteiger partial charge >= 0.3 is 5.63 Å². The first-order valence-electron chi connectivity index (χ1n) is 7.90. The molecule has 1 fully saturated rings. The Morgan fingerprint density at radius 2 is 2.00 bits per heavy atom. The normalized spacial score (nSPS) is 19.9. The summed E-state index contributed by atoms with van der Waals surface area (Å²) in [5.74, 6) is 0.387. The summed E-state index contributed by atoms with van der Waals surface area (Å²) in [5, 5.41) is 6.28. The molecule has 0 unspecified atom stereocenters. The summed E-state index contributed by atoms with van der Waals surface area (Å²) in [7, 11) is -2.93. The molecule has 4 rings (SSSR count). The van der Waals surface area contributed by atoms with Gasteiger partial charge in [0.1, 0.15) is 5.58 Å². The van der Waals surface area contributed by atoms with Gasteiger partial charge in [-0.05, 0) is 28.8 Å². The van der Waals surface area contributed by atoms with Gasteiger partial charge in [0, 0.05) is 24.0 Å². The molecular weight excluding hydrogens is 326 g/mol. The van der Waals surface area contributed by atoms with Crippen molar-refractivity contribution in [2.75, 3.05) is 11.5 Å². The van der Waals surface area contributed by atoms with Crippen molar-refractivity contribution >= 4 is 31.6 Å². The Bertz CT molecular complexity index is 1090. The molecule has 0 bridgehead atoms. The molecule has 0 radical (unpaired) electrons. The molecule has 1 aliphatic rings. The van der Waals surface area contributed by atoms with Gasteiger partial charge in [0.2, 0.25) is 0 Å². The van der Waals surface area contributed by atoms with Gasteiger partial charge in [-0.3, -0.25) is 0 Å². The summed E-state index contributed by atoms with van der Waals surface area (Å²) in [6.07, 6.45) is 0.614. The van der Waals surface area contributed by atoms with Crippen LogP contribution in [0.15, 0.2) is 51.7 Å². The van der Waals surface area contributed by atoms with E-state index in [1.54, 1.807) is 0 Å². The SMILES string of the molecule is O=c1cc(CN[C@H]2CCS(=O)(=O)C2)c2c(ccc3ccccc32)o1. The molecule has 2 aromatic carbocycles. The predicted molar refractivity (Wildman–Crippen MR) is 93.9 cm³/mol. The standard InChI is InChI=1S/C18H17NO4S/c20-17-9-13(10-19-14-7-8-24(21,22)11-14)18-15-4-2-1-3-12(15)5-6-16(18)23-17/h1-6,9,14,19H,7-8,10-11H2/t14-/m0/s1. The maximum atomic E-state index is 11.8. The second kappa shape index (κ2) is 5.72. The summed E-state index contributed by atoms with van der Waals surface area (Å²) >= 11 is 0. The quantitative estimate of drug-likeness (QED) is 0.583. The van der Waals surface area contributed by atoms with Gasteiger partial charge in [-0.25, -0.2) is 13.2 Å². The van der Waals surface area contributed by atoms with Crippen molar-refractivity contribution < 1.29 is 12.8 Å². The maximum absolute atomic E-state index is 11.8. The van der Waals surface area contributed by atoms with E-state index >= 15 is 0 Å². The highest BCUT2D eigenvalue weighted by atomic mass is 32.2. The predicted octanol–water partition coefficient (Wildman–Crippen LogP) is 2.22. The summed E-state index contributed by atoms with van der Waals surface area (Å²) in [6.45, 7) is 0.441. The number of rotatable bonds is 3. The van der Waals surface area contributed by atoms with Gasteiger partial charge in [0.15, 0.2) is 9.84 Å². The van der Waals surface area contributed by atoms with Gasteiger partial charge in [-0.15, -0.1) is 0 Å². The van der Waals surface area contributed by atoms with Crippen LogP contribution in [0.4, 0.5) is 0 Å². The van der Waals surface area contributed by atoms with E-state index in [0.717, 1.165) is 21.7 Å². The number of hydrogen-bond donors (Lipinski definition) is 1. The third-order valence-corrected chi connectivity index (χ3v) is 6.30. The molecule has 3 aromatic rings. The van der Waals surface area contributed by atoms with Crippen LogP contribution in [-0.4, -0.2) is 26.0 Å². The molecule has 2 heterocycles. The van der Waals surface area contributed by atoms with E-state index < -0.39 is 15.5 Å². The Morgan fingerprint density at radius 3 is 2.79 bits per heavy atom. The van der Waals surface area contributed by atoms with Gasteiger partial charge < -0.3 is 9.73 Å². The fourth-order valence-electron chi connectivity index (χ4n) is 3.37. The summed E-state index contributed by atoms with van der Waals surface area (Å²) < 4.78 is 28.5. The van der Waals surface area contributed by atoms with Crippen molar-refractivity contribution in [2.45, 2.75) is 19.0 Å². The Kier molecular flexibility index (Phi) is 3.66. The lowest BCUT2D eigenvalue weighted by Crippen LogP contribution is -2.29. The first-order chi connectivity index (χ1) is 11.5. The van der Waals surface area contributed by atoms with Crippen LogP contribution >= 0.6 is 0 Å². The lowest BCUT2D eigenvalue weighted by molar-refractivity contribution is 0.540. The monoisotopic (exact) mass is 343 g/mol. The lowest BCUT2D eigenvalue weighted by Gasteiger charge is -2.13. The zero-order valence-corrected chi connectivity index (χ0v) is 13.8. The smallest absolute Gasteiger partial charge is 0.336 e. The average Bonchev–Trinajstić information content (AvgIpc) is 2.91. The zero-order chi connectivity index (χ0) is 16.7. The largest absolute Gasteiger partial charge is 0.423 e. The lowest BCUT2D eigenvalue weighted by atomic mass is 10.0. The highest BCUT2D eigenvalue weighted by Crippen LogP contribution is 2.27. The van der Waals surface area contributed by atoms with E-state index in [-0.39, 0.29) is 17.5 Å². The fourth-order valence-corrected chi connectivity index (χ4v) is 5.08. The van der Waals surface area contributed by atoms with Crippen LogP contribution in [0.25, 0.3) is 21.7 Å². The van der Waals surface area contributed by atoms with Crippen LogP contribution in [0.1, 0.15) is 12.0 Å². The number of hydrogen-bond acceptors (Lipinski definition) is 5. The van der Waals surface area contributed by atoms with Crippen molar-refractivity contribution in [3.8, 4) is 0 Å². The Labute approximate surface area is 139 Å². The van der Waals surface area contributed by atoms with Crippen LogP contribution in [0.3, 0.4) is 0 Å². The van der Waals surface area contributed by atoms with Crippen molar-refractivity contribution in [1.82, 2.24) is 5.32 Å². The van der Waals surface area contributed by atoms with E-state index in [1.807, 2.05) is 36.4 Å². The van der Waals surface area contributed by atoms with Gasteiger partial charge in [0.25, 0.3) is 0 Å². The molecule has 1 aliphatic heterocycles. The molecule has 1 aromatic heterocycles. The van der Waals surface area contributed by atoms with Gasteiger partial charge in [0.05, 0.1) is 11.5 Å². The highest BCUT2D eigenvalue weighted by Gasteiger charge is 2.27. The van der Waals surface area contributed by atoms with Gasteiger partial charge in [-0.2, -0.15) is 0 Å². The maximum Gasteiger partial charge on any atom is 0.336 e. The minimum absolute atomic E-state index is 0.0627. The summed E-state index contributed by atoms with van der Waals surface area (Å²) in [6, 6.07) is 13.1. The molecule has 124 valence electrons. The molecule has 1 saturated heterocycles. The zero-order valence-electron chi connectivity index (χ0n) is 13.0. The van der Waals surface area contributed by atoms with E-state index in [4.69, 9.17) is 4.42 Å². The van der Waals surface area contributed by atoms with Crippen molar-refractivity contribution in [3.05, 3.63) is 58.4 Å². The molecule has 0 saturated carbocycles. The molecule has 5 nitrogen and oxygen atoms in total. The van der Waals surface area contributed by atoms with E-state index in [2.05, 4.69) is 5.32 Å². The number of fused-ring (bicyclic) bond motifs is 3. The second-order valence-electron chi connectivity index (χ2n) is 6.23. The van der Waals surface area contributed by atoms with Crippen LogP contribution in [0, 0.1) is 0 Å². The highest BCUT2D eigenvalue weighted by molar-refractivity contribution is 7.91. The number of sulfone groups is 1. The second-order valence-corrected chi connectivity index (χ2v) is 8.46. The Morgan fingerprint density at radius 1 is 1.17 bits per heavy atom. The van der Waals surface area contributed by atoms with Gasteiger partial charge in [-0.1, -0.05) is 30.3 Å². The third-order valence-electron chi connectivity index (χ3n) is 4.53. The molecular formula is C18H17NO4S. The summed E-state index contributed by atoms with van der Waals surface area (Å²) in [5.41, 5.74) is 0.994. The molecule has 6 heteroatoms. The minimum Gasteiger partial charge on any atom is -0.423 e. The van der Waals surface area contributed by atoms with Crippen molar-refractivity contribution in [3.63, 3.8) is 0 Å². The average molecular weight is 343 g/mol. The first kappa shape index (κ1) is 15.4. The minimum atomic E-state index is -2.93. The van der Waals surface area contributed by atoms with E-state index in [1.165, 1.54) is 6.07 Å². The van der Waals surface area contributed by atoms with Crippen LogP contribution in [0.2, 0.25) is 0 Å². The van der Waals surface area contributed by atoms with Crippen LogP contribution in [0.5, 0.6) is 0 Å². The van der Waals surface area contributed by atoms with Crippen LogP contribution < -0.4 is 10.9 Å². The van der Waals surface area contributed by atoms with E-state index in [0.29, 0.717) is 18.5 Å². The number of nitrogens with one attached hydrogen (secondary N) is 1. The Balaban J connectivity index is 1.76.